The minimum atomic E-state index is -3.49. The lowest BCUT2D eigenvalue weighted by Gasteiger charge is -2.33. The molecule has 1 unspecified atom stereocenters. The molecule has 5 nitrogen and oxygen atoms in total. The van der Waals surface area contributed by atoms with Crippen molar-refractivity contribution in [1.82, 2.24) is 9.62 Å². The number of nitrogens with one attached hydrogen (secondary N) is 1. The van der Waals surface area contributed by atoms with Crippen molar-refractivity contribution in [3.8, 4) is 0 Å². The lowest BCUT2D eigenvalue weighted by molar-refractivity contribution is -0.0280. The third-order valence-corrected chi connectivity index (χ3v) is 5.64. The second-order valence-electron chi connectivity index (χ2n) is 7.22. The molecule has 0 spiro atoms. The van der Waals surface area contributed by atoms with Crippen LogP contribution >= 0.6 is 0 Å². The lowest BCUT2D eigenvalue weighted by atomic mass is 10.0. The third kappa shape index (κ3) is 5.55. The van der Waals surface area contributed by atoms with E-state index in [0.717, 1.165) is 25.2 Å². The van der Waals surface area contributed by atoms with Gasteiger partial charge in [-0.3, -0.25) is 4.90 Å². The number of ether oxygens (including phenoxy) is 1. The number of rotatable bonds is 7. The normalized spacial score (nSPS) is 20.0. The van der Waals surface area contributed by atoms with Gasteiger partial charge < -0.3 is 4.74 Å². The third-order valence-electron chi connectivity index (χ3n) is 4.20. The number of nitrogens with zero attached hydrogens (tertiary/aromatic N) is 1. The summed E-state index contributed by atoms with van der Waals surface area (Å²) in [5, 5.41) is 0. The van der Waals surface area contributed by atoms with E-state index in [2.05, 4.69) is 37.3 Å². The molecule has 0 aromatic heterocycles. The molecule has 2 rings (SSSR count). The molecule has 1 aromatic carbocycles. The summed E-state index contributed by atoms with van der Waals surface area (Å²) in [6, 6.07) is 7.09. The zero-order valence-electron chi connectivity index (χ0n) is 15.2. The Labute approximate surface area is 146 Å². The van der Waals surface area contributed by atoms with Crippen molar-refractivity contribution in [3.63, 3.8) is 0 Å². The number of morpholine rings is 1. The molecule has 24 heavy (non-hydrogen) atoms. The number of sulfonamides is 1. The van der Waals surface area contributed by atoms with Gasteiger partial charge in [0.1, 0.15) is 0 Å². The maximum absolute atomic E-state index is 12.4. The van der Waals surface area contributed by atoms with E-state index >= 15 is 0 Å². The van der Waals surface area contributed by atoms with E-state index in [1.165, 1.54) is 0 Å². The average Bonchev–Trinajstić information content (AvgIpc) is 2.53. The van der Waals surface area contributed by atoms with Gasteiger partial charge in [-0.1, -0.05) is 39.8 Å². The summed E-state index contributed by atoms with van der Waals surface area (Å²) < 4.78 is 33.3. The van der Waals surface area contributed by atoms with Gasteiger partial charge in [-0.25, -0.2) is 13.1 Å². The minimum Gasteiger partial charge on any atom is -0.374 e. The molecule has 0 radical (unpaired) electrons. The molecule has 6 heteroatoms. The van der Waals surface area contributed by atoms with Gasteiger partial charge in [-0.05, 0) is 29.5 Å². The van der Waals surface area contributed by atoms with Gasteiger partial charge in [0.15, 0.2) is 0 Å². The second-order valence-corrected chi connectivity index (χ2v) is 8.99. The first-order chi connectivity index (χ1) is 11.3. The van der Waals surface area contributed by atoms with E-state index in [9.17, 15) is 8.42 Å². The van der Waals surface area contributed by atoms with E-state index in [-0.39, 0.29) is 6.10 Å². The van der Waals surface area contributed by atoms with E-state index in [4.69, 9.17) is 4.74 Å². The maximum Gasteiger partial charge on any atom is 0.240 e. The van der Waals surface area contributed by atoms with Gasteiger partial charge >= 0.3 is 0 Å². The summed E-state index contributed by atoms with van der Waals surface area (Å²) in [6.07, 6.45) is -0.0952. The molecule has 1 aliphatic heterocycles. The smallest absolute Gasteiger partial charge is 0.240 e. The highest BCUT2D eigenvalue weighted by molar-refractivity contribution is 7.89. The zero-order chi connectivity index (χ0) is 17.7. The van der Waals surface area contributed by atoms with Crippen molar-refractivity contribution < 1.29 is 13.2 Å². The van der Waals surface area contributed by atoms with Crippen molar-refractivity contribution in [2.24, 2.45) is 5.92 Å². The van der Waals surface area contributed by atoms with Crippen LogP contribution in [0.15, 0.2) is 29.2 Å². The average molecular weight is 355 g/mol. The molecule has 0 aliphatic carbocycles. The molecule has 1 atom stereocenters. The van der Waals surface area contributed by atoms with Crippen LogP contribution in [0.5, 0.6) is 0 Å². The summed E-state index contributed by atoms with van der Waals surface area (Å²) in [6.45, 7) is 12.2. The van der Waals surface area contributed by atoms with Crippen molar-refractivity contribution in [2.75, 3.05) is 32.8 Å². The van der Waals surface area contributed by atoms with Crippen LogP contribution in [0.3, 0.4) is 0 Å². The predicted molar refractivity (Wildman–Crippen MR) is 96.7 cm³/mol. The van der Waals surface area contributed by atoms with Crippen LogP contribution in [0.2, 0.25) is 0 Å². The molecule has 0 saturated carbocycles. The molecule has 1 aromatic rings. The van der Waals surface area contributed by atoms with Gasteiger partial charge in [0.05, 0.1) is 17.6 Å². The van der Waals surface area contributed by atoms with Crippen LogP contribution in [0.1, 0.15) is 39.2 Å². The fourth-order valence-electron chi connectivity index (χ4n) is 2.90. The Morgan fingerprint density at radius 2 is 1.88 bits per heavy atom. The highest BCUT2D eigenvalue weighted by Gasteiger charge is 2.23. The lowest BCUT2D eigenvalue weighted by Crippen LogP contribution is -2.48. The molecular formula is C18H30N2O3S. The number of benzene rings is 1. The van der Waals surface area contributed by atoms with Crippen LogP contribution in [-0.4, -0.2) is 52.2 Å². The molecule has 1 N–H and O–H groups in total. The summed E-state index contributed by atoms with van der Waals surface area (Å²) >= 11 is 0. The second kappa shape index (κ2) is 8.43. The minimum absolute atomic E-state index is 0.0952. The molecule has 1 fully saturated rings. The molecule has 1 aliphatic rings. The van der Waals surface area contributed by atoms with Gasteiger partial charge in [0.2, 0.25) is 10.0 Å². The first-order valence-electron chi connectivity index (χ1n) is 8.71. The Kier molecular flexibility index (Phi) is 6.80. The fraction of sp³-hybridized carbons (Fsp3) is 0.667. The molecule has 136 valence electrons. The largest absolute Gasteiger partial charge is 0.374 e. The first kappa shape index (κ1) is 19.4. The Morgan fingerprint density at radius 1 is 1.21 bits per heavy atom. The highest BCUT2D eigenvalue weighted by atomic mass is 32.2. The van der Waals surface area contributed by atoms with E-state index in [0.29, 0.717) is 29.9 Å². The summed E-state index contributed by atoms with van der Waals surface area (Å²) in [4.78, 5) is 2.65. The molecule has 0 amide bonds. The summed E-state index contributed by atoms with van der Waals surface area (Å²) in [5.74, 6) is 0.984. The molecular weight excluding hydrogens is 324 g/mol. The van der Waals surface area contributed by atoms with Crippen molar-refractivity contribution in [3.05, 3.63) is 29.8 Å². The Balaban J connectivity index is 1.92. The first-order valence-corrected chi connectivity index (χ1v) is 10.2. The number of hydrogen-bond donors (Lipinski definition) is 1. The van der Waals surface area contributed by atoms with Crippen LogP contribution in [-0.2, 0) is 14.8 Å². The topological polar surface area (TPSA) is 58.6 Å². The Morgan fingerprint density at radius 3 is 2.46 bits per heavy atom. The van der Waals surface area contributed by atoms with E-state index in [1.807, 2.05) is 12.1 Å². The SMILES string of the molecule is CC(C)CN1CCOC(CNS(=O)(=O)c2ccc(C(C)C)cc2)C1. The zero-order valence-corrected chi connectivity index (χ0v) is 16.0. The van der Waals surface area contributed by atoms with Crippen molar-refractivity contribution in [2.45, 2.75) is 44.6 Å². The number of hydrogen-bond acceptors (Lipinski definition) is 4. The predicted octanol–water partition coefficient (Wildman–Crippen LogP) is 2.45. The standard InChI is InChI=1S/C18H30N2O3S/c1-14(2)12-20-9-10-23-17(13-20)11-19-24(21,22)18-7-5-16(6-8-18)15(3)4/h5-8,14-15,17,19H,9-13H2,1-4H3. The molecule has 0 bridgehead atoms. The van der Waals surface area contributed by atoms with Crippen molar-refractivity contribution in [1.29, 1.82) is 0 Å². The maximum atomic E-state index is 12.4. The Bertz CT molecular complexity index is 612. The van der Waals surface area contributed by atoms with Gasteiger partial charge in [-0.15, -0.1) is 0 Å². The Hall–Kier alpha value is -0.950. The fourth-order valence-corrected chi connectivity index (χ4v) is 3.97. The summed E-state index contributed by atoms with van der Waals surface area (Å²) in [7, 11) is -3.49. The molecule has 1 heterocycles. The molecule has 1 saturated heterocycles. The van der Waals surface area contributed by atoms with E-state index in [1.54, 1.807) is 12.1 Å². The highest BCUT2D eigenvalue weighted by Crippen LogP contribution is 2.17. The van der Waals surface area contributed by atoms with E-state index < -0.39 is 10.0 Å². The monoisotopic (exact) mass is 354 g/mol. The van der Waals surface area contributed by atoms with Crippen LogP contribution < -0.4 is 4.72 Å². The quantitative estimate of drug-likeness (QED) is 0.817. The van der Waals surface area contributed by atoms with Gasteiger partial charge in [-0.2, -0.15) is 0 Å². The van der Waals surface area contributed by atoms with Crippen LogP contribution in [0.4, 0.5) is 0 Å². The van der Waals surface area contributed by atoms with Crippen LogP contribution in [0.25, 0.3) is 0 Å². The van der Waals surface area contributed by atoms with Gasteiger partial charge in [0, 0.05) is 26.2 Å². The van der Waals surface area contributed by atoms with Crippen molar-refractivity contribution >= 4 is 10.0 Å². The summed E-state index contributed by atoms with van der Waals surface area (Å²) in [5.41, 5.74) is 1.13. The van der Waals surface area contributed by atoms with Gasteiger partial charge in [0.25, 0.3) is 0 Å². The van der Waals surface area contributed by atoms with Crippen LogP contribution in [0, 0.1) is 5.92 Å².